The highest BCUT2D eigenvalue weighted by molar-refractivity contribution is 7.26. The number of aromatic nitrogens is 1. The van der Waals surface area contributed by atoms with Crippen molar-refractivity contribution >= 4 is 119 Å². The molecule has 0 fully saturated rings. The van der Waals surface area contributed by atoms with Crippen LogP contribution in [-0.4, -0.2) is 4.57 Å². The Hall–Kier alpha value is -10.8. The average molecular weight is 1120 g/mol. The Kier molecular flexibility index (Phi) is 12.3. The fraction of sp³-hybridized carbons (Fsp3) is 0. The molecule has 398 valence electrons. The van der Waals surface area contributed by atoms with Gasteiger partial charge in [0.25, 0.3) is 0 Å². The Morgan fingerprint density at radius 2 is 0.729 bits per heavy atom. The van der Waals surface area contributed by atoms with Gasteiger partial charge in [-0.2, -0.15) is 5.26 Å². The monoisotopic (exact) mass is 1120 g/mol. The second-order valence-corrected chi connectivity index (χ2v) is 23.8. The van der Waals surface area contributed by atoms with Crippen LogP contribution in [0.3, 0.4) is 0 Å². The summed E-state index contributed by atoms with van der Waals surface area (Å²) in [6.07, 6.45) is 0. The van der Waals surface area contributed by atoms with E-state index >= 15 is 0 Å². The van der Waals surface area contributed by atoms with E-state index in [1.807, 2.05) is 40.9 Å². The van der Waals surface area contributed by atoms with E-state index in [1.54, 1.807) is 0 Å². The maximum absolute atomic E-state index is 10.0. The maximum atomic E-state index is 10.0. The van der Waals surface area contributed by atoms with Crippen molar-refractivity contribution < 1.29 is 0 Å². The van der Waals surface area contributed by atoms with Gasteiger partial charge in [0.05, 0.1) is 22.7 Å². The zero-order valence-corrected chi connectivity index (χ0v) is 47.6. The SMILES string of the molecule is N#Cc1cccc(-c2cc(-c3ccccc3)cc(N(c3ccc(-c4ccc5c(c4)sc4ccc(-c6ccc7c8ccccc8n(-c8ccccc8)c7c6)cc45)cc3)c3ccc(N(c4ccccc4)c4ccc5sc6ccccc6c5c4)cc3)c2)c1. The van der Waals surface area contributed by atoms with Crippen LogP contribution in [-0.2, 0) is 0 Å². The first kappa shape index (κ1) is 50.0. The third-order valence-corrected chi connectivity index (χ3v) is 18.8. The van der Waals surface area contributed by atoms with Crippen LogP contribution < -0.4 is 9.80 Å². The molecule has 0 saturated carbocycles. The summed E-state index contributed by atoms with van der Waals surface area (Å²) in [6.45, 7) is 0. The van der Waals surface area contributed by atoms with E-state index in [2.05, 4.69) is 306 Å². The normalized spacial score (nSPS) is 11.5. The second kappa shape index (κ2) is 20.9. The van der Waals surface area contributed by atoms with Crippen molar-refractivity contribution in [2.75, 3.05) is 9.80 Å². The van der Waals surface area contributed by atoms with Gasteiger partial charge in [0.15, 0.2) is 0 Å². The van der Waals surface area contributed by atoms with Crippen LogP contribution in [0.25, 0.3) is 112 Å². The Balaban J connectivity index is 0.783. The van der Waals surface area contributed by atoms with Crippen LogP contribution in [0.2, 0.25) is 0 Å². The van der Waals surface area contributed by atoms with Crippen molar-refractivity contribution in [3.8, 4) is 56.3 Å². The molecule has 0 spiro atoms. The van der Waals surface area contributed by atoms with E-state index in [0.29, 0.717) is 5.56 Å². The number of fused-ring (bicyclic) bond motifs is 9. The number of hydrogen-bond donors (Lipinski definition) is 0. The Bertz CT molecular complexity index is 5250. The molecule has 0 aliphatic rings. The number of para-hydroxylation sites is 3. The van der Waals surface area contributed by atoms with E-state index in [9.17, 15) is 5.26 Å². The van der Waals surface area contributed by atoms with Crippen LogP contribution in [0.5, 0.6) is 0 Å². The van der Waals surface area contributed by atoms with Crippen molar-refractivity contribution in [1.29, 1.82) is 5.26 Å². The molecule has 3 aromatic heterocycles. The van der Waals surface area contributed by atoms with Gasteiger partial charge >= 0.3 is 0 Å². The van der Waals surface area contributed by atoms with Gasteiger partial charge < -0.3 is 14.4 Å². The summed E-state index contributed by atoms with van der Waals surface area (Å²) < 4.78 is 7.48. The quantitative estimate of drug-likeness (QED) is 0.129. The number of benzene rings is 13. The first-order valence-electron chi connectivity index (χ1n) is 28.6. The molecule has 0 amide bonds. The van der Waals surface area contributed by atoms with Crippen LogP contribution in [0.15, 0.2) is 303 Å². The minimum absolute atomic E-state index is 0.623. The second-order valence-electron chi connectivity index (χ2n) is 21.6. The summed E-state index contributed by atoms with van der Waals surface area (Å²) in [4.78, 5) is 4.71. The van der Waals surface area contributed by atoms with Gasteiger partial charge in [-0.25, -0.2) is 0 Å². The molecule has 0 aliphatic heterocycles. The molecular weight excluding hydrogens is 1070 g/mol. The van der Waals surface area contributed by atoms with Crippen LogP contribution in [0, 0.1) is 11.3 Å². The predicted octanol–water partition coefficient (Wildman–Crippen LogP) is 23.0. The lowest BCUT2D eigenvalue weighted by Gasteiger charge is -2.29. The minimum Gasteiger partial charge on any atom is -0.310 e. The zero-order valence-electron chi connectivity index (χ0n) is 46.0. The number of thiophene rings is 2. The van der Waals surface area contributed by atoms with Crippen LogP contribution in [0.1, 0.15) is 5.56 Å². The van der Waals surface area contributed by atoms with Crippen molar-refractivity contribution in [2.24, 2.45) is 0 Å². The van der Waals surface area contributed by atoms with Gasteiger partial charge in [0.1, 0.15) is 0 Å². The first-order valence-corrected chi connectivity index (χ1v) is 30.2. The number of nitrogens with zero attached hydrogens (tertiary/aromatic N) is 4. The Morgan fingerprint density at radius 1 is 0.259 bits per heavy atom. The lowest BCUT2D eigenvalue weighted by Crippen LogP contribution is -2.12. The van der Waals surface area contributed by atoms with Gasteiger partial charge in [0, 0.05) is 90.9 Å². The summed E-state index contributed by atoms with van der Waals surface area (Å²) in [5.41, 5.74) is 19.3. The molecule has 0 bridgehead atoms. The molecule has 16 rings (SSSR count). The Labute approximate surface area is 500 Å². The predicted molar refractivity (Wildman–Crippen MR) is 362 cm³/mol. The number of anilines is 6. The minimum atomic E-state index is 0.623. The van der Waals surface area contributed by atoms with E-state index in [0.717, 1.165) is 67.6 Å². The lowest BCUT2D eigenvalue weighted by atomic mass is 9.96. The van der Waals surface area contributed by atoms with E-state index in [4.69, 9.17) is 0 Å². The third kappa shape index (κ3) is 8.98. The molecule has 0 aliphatic carbocycles. The lowest BCUT2D eigenvalue weighted by molar-refractivity contribution is 1.18. The molecule has 0 saturated heterocycles. The number of hydrogen-bond acceptors (Lipinski definition) is 5. The smallest absolute Gasteiger partial charge is 0.0991 e. The standard InChI is InChI=1S/C79H50N4S2/c80-51-52-15-14-18-55(43-52)60-44-59(53-16-4-1-5-17-53)45-67(46-60)82(65-36-34-64(35-37-65)81(61-19-6-2-7-20-61)66-38-42-78-73(50-66)70-24-11-13-26-76(70)84-78)63-32-27-54(28-33-63)58-30-40-71-72-47-56(31-41-77(72)85-79(71)49-58)57-29-39-69-68-23-10-12-25-74(68)83(75(69)48-57)62-21-8-3-9-22-62/h1-50H. The fourth-order valence-electron chi connectivity index (χ4n) is 12.5. The molecule has 85 heavy (non-hydrogen) atoms. The fourth-order valence-corrected chi connectivity index (χ4v) is 14.7. The van der Waals surface area contributed by atoms with E-state index < -0.39 is 0 Å². The van der Waals surface area contributed by atoms with Gasteiger partial charge in [-0.15, -0.1) is 22.7 Å². The molecule has 16 aromatic rings. The summed E-state index contributed by atoms with van der Waals surface area (Å²) in [5.74, 6) is 0. The molecule has 0 atom stereocenters. The number of nitriles is 1. The van der Waals surface area contributed by atoms with Gasteiger partial charge in [-0.1, -0.05) is 158 Å². The molecule has 4 nitrogen and oxygen atoms in total. The van der Waals surface area contributed by atoms with Crippen molar-refractivity contribution in [3.05, 3.63) is 309 Å². The van der Waals surface area contributed by atoms with E-state index in [1.165, 1.54) is 78.8 Å². The summed E-state index contributed by atoms with van der Waals surface area (Å²) >= 11 is 3.69. The van der Waals surface area contributed by atoms with Crippen molar-refractivity contribution in [3.63, 3.8) is 0 Å². The largest absolute Gasteiger partial charge is 0.310 e. The third-order valence-electron chi connectivity index (χ3n) is 16.6. The van der Waals surface area contributed by atoms with Crippen LogP contribution >= 0.6 is 22.7 Å². The molecule has 0 N–H and O–H groups in total. The van der Waals surface area contributed by atoms with Gasteiger partial charge in [0.2, 0.25) is 0 Å². The highest BCUT2D eigenvalue weighted by Crippen LogP contribution is 2.46. The molecule has 0 unspecified atom stereocenters. The molecular formula is C79H50N4S2. The van der Waals surface area contributed by atoms with E-state index in [-0.39, 0.29) is 0 Å². The molecule has 0 radical (unpaired) electrons. The van der Waals surface area contributed by atoms with Crippen LogP contribution in [0.4, 0.5) is 34.1 Å². The van der Waals surface area contributed by atoms with Crippen molar-refractivity contribution in [2.45, 2.75) is 0 Å². The molecule has 3 heterocycles. The molecule has 6 heteroatoms. The first-order chi connectivity index (χ1) is 42.0. The summed E-state index contributed by atoms with van der Waals surface area (Å²) in [7, 11) is 0. The Morgan fingerprint density at radius 3 is 1.48 bits per heavy atom. The number of rotatable bonds is 11. The molecule has 13 aromatic carbocycles. The topological polar surface area (TPSA) is 35.2 Å². The van der Waals surface area contributed by atoms with Gasteiger partial charge in [-0.3, -0.25) is 0 Å². The van der Waals surface area contributed by atoms with Crippen molar-refractivity contribution in [1.82, 2.24) is 4.57 Å². The zero-order chi connectivity index (χ0) is 56.4. The summed E-state index contributed by atoms with van der Waals surface area (Å²) in [5, 5.41) is 17.6. The summed E-state index contributed by atoms with van der Waals surface area (Å²) in [6, 6.07) is 112. The average Bonchev–Trinajstić information content (AvgIpc) is 2.72. The van der Waals surface area contributed by atoms with Gasteiger partial charge in [-0.05, 0) is 190 Å². The maximum Gasteiger partial charge on any atom is 0.0991 e. The highest BCUT2D eigenvalue weighted by Gasteiger charge is 2.21. The highest BCUT2D eigenvalue weighted by atomic mass is 32.1.